The lowest BCUT2D eigenvalue weighted by Gasteiger charge is -2.23. The molecule has 1 aliphatic rings. The lowest BCUT2D eigenvalue weighted by Crippen LogP contribution is -2.24. The molecule has 1 aliphatic carbocycles. The first kappa shape index (κ1) is 10.4. The quantitative estimate of drug-likeness (QED) is 0.759. The SMILES string of the molecule is Cc1ccc(C(=O)C2CCC(O)CC2)o1. The molecule has 1 heterocycles. The van der Waals surface area contributed by atoms with E-state index in [0.29, 0.717) is 5.76 Å². The van der Waals surface area contributed by atoms with Crippen molar-refractivity contribution in [1.29, 1.82) is 0 Å². The van der Waals surface area contributed by atoms with Crippen LogP contribution >= 0.6 is 0 Å². The molecule has 15 heavy (non-hydrogen) atoms. The smallest absolute Gasteiger partial charge is 0.201 e. The maximum atomic E-state index is 11.9. The van der Waals surface area contributed by atoms with Gasteiger partial charge in [-0.2, -0.15) is 0 Å². The van der Waals surface area contributed by atoms with Crippen molar-refractivity contribution < 1.29 is 14.3 Å². The highest BCUT2D eigenvalue weighted by atomic mass is 16.3. The van der Waals surface area contributed by atoms with Gasteiger partial charge in [0.05, 0.1) is 6.10 Å². The van der Waals surface area contributed by atoms with E-state index in [2.05, 4.69) is 0 Å². The molecule has 0 atom stereocenters. The van der Waals surface area contributed by atoms with E-state index in [1.54, 1.807) is 6.07 Å². The lowest BCUT2D eigenvalue weighted by atomic mass is 9.84. The van der Waals surface area contributed by atoms with Gasteiger partial charge in [0.1, 0.15) is 5.76 Å². The fraction of sp³-hybridized carbons (Fsp3) is 0.583. The number of carbonyl (C=O) groups is 1. The number of aryl methyl sites for hydroxylation is 1. The van der Waals surface area contributed by atoms with Crippen LogP contribution < -0.4 is 0 Å². The molecule has 0 aliphatic heterocycles. The second-order valence-corrected chi connectivity index (χ2v) is 4.28. The zero-order valence-corrected chi connectivity index (χ0v) is 8.90. The second kappa shape index (κ2) is 4.19. The molecule has 1 aromatic heterocycles. The minimum Gasteiger partial charge on any atom is -0.458 e. The van der Waals surface area contributed by atoms with Crippen LogP contribution in [0.25, 0.3) is 0 Å². The average Bonchev–Trinajstić information content (AvgIpc) is 2.65. The zero-order valence-electron chi connectivity index (χ0n) is 8.90. The summed E-state index contributed by atoms with van der Waals surface area (Å²) in [6.45, 7) is 1.83. The minimum atomic E-state index is -0.215. The van der Waals surface area contributed by atoms with Crippen molar-refractivity contribution in [1.82, 2.24) is 0 Å². The van der Waals surface area contributed by atoms with Crippen LogP contribution in [0.15, 0.2) is 16.5 Å². The Morgan fingerprint density at radius 2 is 2.00 bits per heavy atom. The number of aliphatic hydroxyl groups excluding tert-OH is 1. The number of hydrogen-bond donors (Lipinski definition) is 1. The zero-order chi connectivity index (χ0) is 10.8. The van der Waals surface area contributed by atoms with Crippen LogP contribution in [0, 0.1) is 12.8 Å². The molecule has 0 amide bonds. The van der Waals surface area contributed by atoms with E-state index in [4.69, 9.17) is 4.42 Å². The number of aliphatic hydroxyl groups is 1. The van der Waals surface area contributed by atoms with Gasteiger partial charge in [0.15, 0.2) is 5.76 Å². The monoisotopic (exact) mass is 208 g/mol. The molecule has 1 N–H and O–H groups in total. The molecule has 3 heteroatoms. The highest BCUT2D eigenvalue weighted by Crippen LogP contribution is 2.27. The van der Waals surface area contributed by atoms with Crippen molar-refractivity contribution in [3.05, 3.63) is 23.7 Å². The summed E-state index contributed by atoms with van der Waals surface area (Å²) in [7, 11) is 0. The van der Waals surface area contributed by atoms with Crippen molar-refractivity contribution in [3.8, 4) is 0 Å². The fourth-order valence-corrected chi connectivity index (χ4v) is 2.11. The van der Waals surface area contributed by atoms with E-state index < -0.39 is 0 Å². The van der Waals surface area contributed by atoms with E-state index in [-0.39, 0.29) is 17.8 Å². The fourth-order valence-electron chi connectivity index (χ4n) is 2.11. The lowest BCUT2D eigenvalue weighted by molar-refractivity contribution is 0.0738. The van der Waals surface area contributed by atoms with Crippen LogP contribution in [0.3, 0.4) is 0 Å². The molecule has 1 fully saturated rings. The van der Waals surface area contributed by atoms with Gasteiger partial charge in [0.2, 0.25) is 5.78 Å². The molecule has 0 aromatic carbocycles. The summed E-state index contributed by atoms with van der Waals surface area (Å²) in [6.07, 6.45) is 2.80. The number of hydrogen-bond acceptors (Lipinski definition) is 3. The van der Waals surface area contributed by atoms with Crippen molar-refractivity contribution >= 4 is 5.78 Å². The van der Waals surface area contributed by atoms with Crippen LogP contribution in [-0.4, -0.2) is 17.0 Å². The molecule has 0 spiro atoms. The Hall–Kier alpha value is -1.09. The number of carbonyl (C=O) groups excluding carboxylic acids is 1. The van der Waals surface area contributed by atoms with Gasteiger partial charge >= 0.3 is 0 Å². The number of rotatable bonds is 2. The van der Waals surface area contributed by atoms with Crippen molar-refractivity contribution in [2.24, 2.45) is 5.92 Å². The van der Waals surface area contributed by atoms with E-state index in [1.165, 1.54) is 0 Å². The van der Waals surface area contributed by atoms with Gasteiger partial charge in [-0.15, -0.1) is 0 Å². The van der Waals surface area contributed by atoms with E-state index in [0.717, 1.165) is 31.4 Å². The standard InChI is InChI=1S/C12H16O3/c1-8-2-7-11(15-8)12(14)9-3-5-10(13)6-4-9/h2,7,9-10,13H,3-6H2,1H3. The van der Waals surface area contributed by atoms with Gasteiger partial charge in [-0.3, -0.25) is 4.79 Å². The van der Waals surface area contributed by atoms with Crippen molar-refractivity contribution in [3.63, 3.8) is 0 Å². The first-order valence-electron chi connectivity index (χ1n) is 5.45. The molecule has 1 aromatic rings. The summed E-state index contributed by atoms with van der Waals surface area (Å²) in [4.78, 5) is 11.9. The molecule has 0 unspecified atom stereocenters. The molecule has 1 saturated carbocycles. The number of Topliss-reactive ketones (excluding diaryl/α,β-unsaturated/α-hetero) is 1. The molecule has 0 saturated heterocycles. The third kappa shape index (κ3) is 2.29. The summed E-state index contributed by atoms with van der Waals surface area (Å²) in [5, 5.41) is 9.35. The van der Waals surface area contributed by atoms with Gasteiger partial charge in [-0.05, 0) is 44.7 Å². The van der Waals surface area contributed by atoms with Crippen molar-refractivity contribution in [2.45, 2.75) is 38.7 Å². The Kier molecular flexibility index (Phi) is 2.91. The summed E-state index contributed by atoms with van der Waals surface area (Å²) in [5.41, 5.74) is 0. The number of furan rings is 1. The highest BCUT2D eigenvalue weighted by molar-refractivity contribution is 5.95. The van der Waals surface area contributed by atoms with E-state index >= 15 is 0 Å². The summed E-state index contributed by atoms with van der Waals surface area (Å²) >= 11 is 0. The molecule has 82 valence electrons. The molecule has 0 bridgehead atoms. The third-order valence-corrected chi connectivity index (χ3v) is 3.05. The second-order valence-electron chi connectivity index (χ2n) is 4.28. The van der Waals surface area contributed by atoms with Gasteiger partial charge in [-0.1, -0.05) is 0 Å². The Morgan fingerprint density at radius 3 is 2.53 bits per heavy atom. The normalized spacial score (nSPS) is 26.5. The van der Waals surface area contributed by atoms with Gasteiger partial charge in [0.25, 0.3) is 0 Å². The molecule has 3 nitrogen and oxygen atoms in total. The predicted molar refractivity (Wildman–Crippen MR) is 55.7 cm³/mol. The van der Waals surface area contributed by atoms with E-state index in [9.17, 15) is 9.90 Å². The Labute approximate surface area is 89.1 Å². The topological polar surface area (TPSA) is 50.4 Å². The Bertz CT molecular complexity index is 346. The molecular formula is C12H16O3. The van der Waals surface area contributed by atoms with Crippen LogP contribution in [0.4, 0.5) is 0 Å². The summed E-state index contributed by atoms with van der Waals surface area (Å²) < 4.78 is 5.31. The summed E-state index contributed by atoms with van der Waals surface area (Å²) in [5.74, 6) is 1.37. The van der Waals surface area contributed by atoms with Crippen LogP contribution in [0.2, 0.25) is 0 Å². The first-order chi connectivity index (χ1) is 7.16. The maximum Gasteiger partial charge on any atom is 0.201 e. The molecule has 2 rings (SSSR count). The highest BCUT2D eigenvalue weighted by Gasteiger charge is 2.27. The van der Waals surface area contributed by atoms with Gasteiger partial charge < -0.3 is 9.52 Å². The molecular weight excluding hydrogens is 192 g/mol. The molecule has 0 radical (unpaired) electrons. The predicted octanol–water partition coefficient (Wildman–Crippen LogP) is 2.32. The minimum absolute atomic E-state index is 0.0407. The first-order valence-corrected chi connectivity index (χ1v) is 5.45. The Morgan fingerprint density at radius 1 is 1.33 bits per heavy atom. The summed E-state index contributed by atoms with van der Waals surface area (Å²) in [6, 6.07) is 3.55. The van der Waals surface area contributed by atoms with Gasteiger partial charge in [0, 0.05) is 5.92 Å². The largest absolute Gasteiger partial charge is 0.458 e. The maximum absolute atomic E-state index is 11.9. The number of ketones is 1. The van der Waals surface area contributed by atoms with Gasteiger partial charge in [-0.25, -0.2) is 0 Å². The van der Waals surface area contributed by atoms with Crippen molar-refractivity contribution in [2.75, 3.05) is 0 Å². The Balaban J connectivity index is 2.02. The van der Waals surface area contributed by atoms with Crippen LogP contribution in [-0.2, 0) is 0 Å². The average molecular weight is 208 g/mol. The van der Waals surface area contributed by atoms with E-state index in [1.807, 2.05) is 13.0 Å². The third-order valence-electron chi connectivity index (χ3n) is 3.05. The van der Waals surface area contributed by atoms with Crippen LogP contribution in [0.1, 0.15) is 42.0 Å². The van der Waals surface area contributed by atoms with Crippen LogP contribution in [0.5, 0.6) is 0 Å².